The Hall–Kier alpha value is -0.990. The summed E-state index contributed by atoms with van der Waals surface area (Å²) < 4.78 is 0. The number of allylic oxidation sites excluding steroid dienone is 1. The van der Waals surface area contributed by atoms with Gasteiger partial charge in [0, 0.05) is 19.3 Å². The van der Waals surface area contributed by atoms with Gasteiger partial charge in [0.2, 0.25) is 0 Å². The van der Waals surface area contributed by atoms with Gasteiger partial charge in [-0.05, 0) is 26.7 Å². The van der Waals surface area contributed by atoms with E-state index in [0.717, 1.165) is 37.9 Å². The first-order chi connectivity index (χ1) is 7.11. The molecular formula is C12H24N2O. The number of nitrogens with zero attached hydrogens (tertiary/aromatic N) is 1. The summed E-state index contributed by atoms with van der Waals surface area (Å²) in [5, 5.41) is 2.80. The van der Waals surface area contributed by atoms with E-state index >= 15 is 0 Å². The zero-order chi connectivity index (χ0) is 11.7. The minimum absolute atomic E-state index is 0.0199. The van der Waals surface area contributed by atoms with E-state index in [1.807, 2.05) is 18.7 Å². The van der Waals surface area contributed by atoms with Gasteiger partial charge in [-0.15, -0.1) is 0 Å². The summed E-state index contributed by atoms with van der Waals surface area (Å²) in [6.07, 6.45) is 4.96. The fourth-order valence-corrected chi connectivity index (χ4v) is 1.23. The Labute approximate surface area is 93.5 Å². The molecule has 0 aliphatic rings. The van der Waals surface area contributed by atoms with E-state index in [9.17, 15) is 4.79 Å². The first-order valence-electron chi connectivity index (χ1n) is 5.80. The predicted octanol–water partition coefficient (Wildman–Crippen LogP) is 3.13. The Morgan fingerprint density at radius 1 is 1.20 bits per heavy atom. The third-order valence-corrected chi connectivity index (χ3v) is 2.05. The normalized spacial score (nSPS) is 9.60. The van der Waals surface area contributed by atoms with E-state index in [4.69, 9.17) is 0 Å². The van der Waals surface area contributed by atoms with Gasteiger partial charge in [0.05, 0.1) is 0 Å². The summed E-state index contributed by atoms with van der Waals surface area (Å²) in [5.74, 6) is 0. The molecular weight excluding hydrogens is 188 g/mol. The molecule has 0 saturated carbocycles. The molecule has 0 aromatic carbocycles. The number of unbranched alkanes of at least 4 members (excludes halogenated alkanes) is 1. The van der Waals surface area contributed by atoms with E-state index in [2.05, 4.69) is 19.2 Å². The van der Waals surface area contributed by atoms with E-state index in [1.54, 1.807) is 6.20 Å². The highest BCUT2D eigenvalue weighted by Crippen LogP contribution is 1.98. The Morgan fingerprint density at radius 3 is 2.33 bits per heavy atom. The van der Waals surface area contributed by atoms with Crippen molar-refractivity contribution in [1.29, 1.82) is 0 Å². The predicted molar refractivity (Wildman–Crippen MR) is 64.7 cm³/mol. The SMILES string of the molecule is CCCCN(CCC)C(=O)NC=C(C)C. The molecule has 1 N–H and O–H groups in total. The van der Waals surface area contributed by atoms with Crippen molar-refractivity contribution < 1.29 is 4.79 Å². The van der Waals surface area contributed by atoms with Crippen LogP contribution in [0.3, 0.4) is 0 Å². The molecule has 3 heteroatoms. The van der Waals surface area contributed by atoms with Crippen molar-refractivity contribution in [1.82, 2.24) is 10.2 Å². The van der Waals surface area contributed by atoms with Gasteiger partial charge in [-0.1, -0.05) is 25.8 Å². The Kier molecular flexibility index (Phi) is 7.78. The van der Waals surface area contributed by atoms with E-state index in [-0.39, 0.29) is 6.03 Å². The van der Waals surface area contributed by atoms with Gasteiger partial charge in [0.1, 0.15) is 0 Å². The number of hydrogen-bond donors (Lipinski definition) is 1. The average molecular weight is 212 g/mol. The number of hydrogen-bond acceptors (Lipinski definition) is 1. The van der Waals surface area contributed by atoms with Crippen LogP contribution in [0.1, 0.15) is 47.0 Å². The quantitative estimate of drug-likeness (QED) is 0.720. The Morgan fingerprint density at radius 2 is 1.87 bits per heavy atom. The lowest BCUT2D eigenvalue weighted by Crippen LogP contribution is -2.38. The van der Waals surface area contributed by atoms with Crippen molar-refractivity contribution in [2.24, 2.45) is 0 Å². The summed E-state index contributed by atoms with van der Waals surface area (Å²) in [6, 6.07) is 0.0199. The summed E-state index contributed by atoms with van der Waals surface area (Å²) in [4.78, 5) is 13.6. The highest BCUT2D eigenvalue weighted by Gasteiger charge is 2.09. The number of urea groups is 1. The van der Waals surface area contributed by atoms with Gasteiger partial charge in [-0.25, -0.2) is 4.79 Å². The van der Waals surface area contributed by atoms with Crippen LogP contribution >= 0.6 is 0 Å². The fourth-order valence-electron chi connectivity index (χ4n) is 1.23. The lowest BCUT2D eigenvalue weighted by molar-refractivity contribution is 0.200. The van der Waals surface area contributed by atoms with Crippen LogP contribution in [0.2, 0.25) is 0 Å². The van der Waals surface area contributed by atoms with Gasteiger partial charge in [0.25, 0.3) is 0 Å². The lowest BCUT2D eigenvalue weighted by Gasteiger charge is -2.21. The van der Waals surface area contributed by atoms with E-state index in [1.165, 1.54) is 0 Å². The van der Waals surface area contributed by atoms with Crippen LogP contribution in [0.4, 0.5) is 4.79 Å². The average Bonchev–Trinajstić information content (AvgIpc) is 2.20. The first-order valence-corrected chi connectivity index (χ1v) is 5.80. The first kappa shape index (κ1) is 14.0. The summed E-state index contributed by atoms with van der Waals surface area (Å²) in [6.45, 7) is 9.85. The molecule has 15 heavy (non-hydrogen) atoms. The molecule has 0 spiro atoms. The molecule has 0 aromatic heterocycles. The van der Waals surface area contributed by atoms with Crippen molar-refractivity contribution in [3.05, 3.63) is 11.8 Å². The summed E-state index contributed by atoms with van der Waals surface area (Å²) in [7, 11) is 0. The van der Waals surface area contributed by atoms with Crippen LogP contribution in [-0.4, -0.2) is 24.0 Å². The van der Waals surface area contributed by atoms with Gasteiger partial charge in [-0.2, -0.15) is 0 Å². The second-order valence-corrected chi connectivity index (χ2v) is 4.01. The molecule has 0 unspecified atom stereocenters. The van der Waals surface area contributed by atoms with Gasteiger partial charge >= 0.3 is 6.03 Å². The van der Waals surface area contributed by atoms with Gasteiger partial charge in [-0.3, -0.25) is 0 Å². The van der Waals surface area contributed by atoms with Crippen molar-refractivity contribution >= 4 is 6.03 Å². The maximum atomic E-state index is 11.7. The number of carbonyl (C=O) groups excluding carboxylic acids is 1. The maximum Gasteiger partial charge on any atom is 0.321 e. The molecule has 0 heterocycles. The number of carbonyl (C=O) groups is 1. The molecule has 2 amide bonds. The van der Waals surface area contributed by atoms with Crippen molar-refractivity contribution in [2.45, 2.75) is 47.0 Å². The van der Waals surface area contributed by atoms with Crippen molar-refractivity contribution in [3.8, 4) is 0 Å². The molecule has 0 atom stereocenters. The molecule has 88 valence electrons. The summed E-state index contributed by atoms with van der Waals surface area (Å²) in [5.41, 5.74) is 1.11. The Balaban J connectivity index is 4.09. The topological polar surface area (TPSA) is 32.3 Å². The maximum absolute atomic E-state index is 11.7. The number of amides is 2. The van der Waals surface area contributed by atoms with Crippen LogP contribution in [0.25, 0.3) is 0 Å². The van der Waals surface area contributed by atoms with Crippen LogP contribution in [0.15, 0.2) is 11.8 Å². The smallest absolute Gasteiger partial charge is 0.321 e. The zero-order valence-electron chi connectivity index (χ0n) is 10.5. The van der Waals surface area contributed by atoms with Gasteiger partial charge in [0.15, 0.2) is 0 Å². The zero-order valence-corrected chi connectivity index (χ0v) is 10.5. The second-order valence-electron chi connectivity index (χ2n) is 4.01. The van der Waals surface area contributed by atoms with Crippen LogP contribution < -0.4 is 5.32 Å². The molecule has 0 radical (unpaired) electrons. The van der Waals surface area contributed by atoms with E-state index < -0.39 is 0 Å². The molecule has 0 aromatic rings. The van der Waals surface area contributed by atoms with E-state index in [0.29, 0.717) is 0 Å². The third-order valence-electron chi connectivity index (χ3n) is 2.05. The number of nitrogens with one attached hydrogen (secondary N) is 1. The summed E-state index contributed by atoms with van der Waals surface area (Å²) >= 11 is 0. The molecule has 0 fully saturated rings. The van der Waals surface area contributed by atoms with Gasteiger partial charge < -0.3 is 10.2 Å². The minimum Gasteiger partial charge on any atom is -0.325 e. The number of rotatable bonds is 6. The molecule has 0 saturated heterocycles. The highest BCUT2D eigenvalue weighted by atomic mass is 16.2. The van der Waals surface area contributed by atoms with Crippen molar-refractivity contribution in [2.75, 3.05) is 13.1 Å². The monoisotopic (exact) mass is 212 g/mol. The molecule has 0 rings (SSSR count). The van der Waals surface area contributed by atoms with Crippen LogP contribution in [-0.2, 0) is 0 Å². The standard InChI is InChI=1S/C12H24N2O/c1-5-7-9-14(8-6-2)12(15)13-10-11(3)4/h10H,5-9H2,1-4H3,(H,13,15). The molecule has 0 bridgehead atoms. The van der Waals surface area contributed by atoms with Crippen LogP contribution in [0.5, 0.6) is 0 Å². The lowest BCUT2D eigenvalue weighted by atomic mass is 10.3. The minimum atomic E-state index is 0.0199. The van der Waals surface area contributed by atoms with Crippen LogP contribution in [0, 0.1) is 0 Å². The Bertz CT molecular complexity index is 208. The largest absolute Gasteiger partial charge is 0.325 e. The molecule has 0 aliphatic heterocycles. The fraction of sp³-hybridized carbons (Fsp3) is 0.750. The molecule has 3 nitrogen and oxygen atoms in total. The third kappa shape index (κ3) is 7.00. The van der Waals surface area contributed by atoms with Crippen molar-refractivity contribution in [3.63, 3.8) is 0 Å². The molecule has 0 aliphatic carbocycles. The highest BCUT2D eigenvalue weighted by molar-refractivity contribution is 5.75. The second kappa shape index (κ2) is 8.33.